The average molecular weight is 2210 g/mol. The van der Waals surface area contributed by atoms with Crippen LogP contribution >= 0.6 is 94.1 Å². The van der Waals surface area contributed by atoms with Gasteiger partial charge in [-0.3, -0.25) is 29.1 Å². The number of Topliss-reactive ketones (excluding diaryl/α,β-unsaturated/α-hetero) is 2. The number of hydrogen-bond acceptors (Lipinski definition) is 18. The molecule has 2 amide bonds. The summed E-state index contributed by atoms with van der Waals surface area (Å²) in [5.74, 6) is 19.8. The van der Waals surface area contributed by atoms with Crippen LogP contribution in [0.2, 0.25) is 0 Å². The minimum absolute atomic E-state index is 0.0141. The van der Waals surface area contributed by atoms with E-state index in [1.807, 2.05) is 148 Å². The van der Waals surface area contributed by atoms with E-state index in [0.29, 0.717) is 98.4 Å². The molecule has 0 saturated carbocycles. The van der Waals surface area contributed by atoms with E-state index in [9.17, 15) is 19.2 Å². The monoisotopic (exact) mass is 2210 g/mol. The number of amides is 2. The number of rotatable bonds is 46. The Balaban J connectivity index is -0.000000801. The molecule has 4 heterocycles. The Hall–Kier alpha value is -3.15. The first-order chi connectivity index (χ1) is 66.9. The van der Waals surface area contributed by atoms with Crippen molar-refractivity contribution in [2.75, 3.05) is 125 Å². The zero-order chi connectivity index (χ0) is 116. The molecule has 0 radical (unpaired) electrons. The summed E-state index contributed by atoms with van der Waals surface area (Å²) in [5, 5.41) is 6.26. The third-order valence-electron chi connectivity index (χ3n) is 21.5. The summed E-state index contributed by atoms with van der Waals surface area (Å²) in [6.45, 7) is 121. The van der Waals surface area contributed by atoms with Crippen LogP contribution in [0.4, 0.5) is 0 Å². The number of nitrogens with one attached hydrogen (secondary N) is 2. The molecule has 4 aromatic rings. The highest BCUT2D eigenvalue weighted by Crippen LogP contribution is 2.34. The number of thioether (sulfide) groups is 8. The molecule has 4 aromatic heterocycles. The molecule has 0 aromatic carbocycles. The van der Waals surface area contributed by atoms with Crippen LogP contribution in [0.3, 0.4) is 0 Å². The van der Waals surface area contributed by atoms with Crippen molar-refractivity contribution in [1.29, 1.82) is 0 Å². The van der Waals surface area contributed by atoms with Crippen molar-refractivity contribution in [3.63, 3.8) is 0 Å². The van der Waals surface area contributed by atoms with E-state index in [-0.39, 0.29) is 55.9 Å². The third-order valence-corrected chi connectivity index (χ3v) is 34.0. The Morgan fingerprint density at radius 1 is 0.378 bits per heavy atom. The maximum Gasteiger partial charge on any atom is 0.223 e. The predicted octanol–water partition coefficient (Wildman–Crippen LogP) is 34.6. The molecule has 860 valence electrons. The number of nitrogens with zero attached hydrogens (tertiary/aromatic N) is 7. The SMILES string of the molecule is C=CCN(CCC(C)(C)C)C(=O)CCSCC(C)(C)C.C=CNC(CC(C)(C)C)C(=O)CCSCC(C)(C)C.CC(C)(C)CSCC[n+]1cccc(C(C)(C)C)c1.CC(C)(C)CSCCc1cc(C(C)(C)C)ccn1.CC(C)(C)CSCCc1nccc(C(C)(C)C)n1.CC(C)(C)CSCCc1ncccc1C(C)(C)C.CCN(CCC(C)(C)C)C(=O)CCSCC(C)(C)C.CNC(CC(C)(C)C)C(=O)CCSCC(C)(C)C. The number of carbonyl (C=O) groups excluding carboxylic acids is 4. The minimum Gasteiger partial charge on any atom is -0.382 e. The maximum absolute atomic E-state index is 12.2. The van der Waals surface area contributed by atoms with Crippen LogP contribution in [0.5, 0.6) is 0 Å². The first-order valence-corrected chi connectivity index (χ1v) is 64.8. The predicted molar refractivity (Wildman–Crippen MR) is 681 cm³/mol. The summed E-state index contributed by atoms with van der Waals surface area (Å²) < 4.78 is 2.32. The minimum atomic E-state index is -0.0901. The van der Waals surface area contributed by atoms with Gasteiger partial charge in [-0.2, -0.15) is 94.1 Å². The number of aromatic nitrogens is 5. The van der Waals surface area contributed by atoms with Gasteiger partial charge >= 0.3 is 0 Å². The molecule has 0 bridgehead atoms. The van der Waals surface area contributed by atoms with Crippen LogP contribution in [-0.4, -0.2) is 190 Å². The van der Waals surface area contributed by atoms with Gasteiger partial charge in [-0.05, 0) is 239 Å². The molecule has 13 nitrogen and oxygen atoms in total. The number of aryl methyl sites for hydroxylation is 4. The van der Waals surface area contributed by atoms with Crippen molar-refractivity contribution in [3.05, 3.63) is 138 Å². The second-order valence-electron chi connectivity index (χ2n) is 58.8. The molecule has 148 heavy (non-hydrogen) atoms. The van der Waals surface area contributed by atoms with Gasteiger partial charge in [-0.15, -0.1) is 6.58 Å². The van der Waals surface area contributed by atoms with E-state index >= 15 is 0 Å². The van der Waals surface area contributed by atoms with Crippen LogP contribution < -0.4 is 15.2 Å². The second kappa shape index (κ2) is 72.8. The summed E-state index contributed by atoms with van der Waals surface area (Å²) in [7, 11) is 1.89. The molecule has 0 spiro atoms. The van der Waals surface area contributed by atoms with E-state index in [1.54, 1.807) is 6.20 Å². The Kier molecular flexibility index (Phi) is 74.3. The van der Waals surface area contributed by atoms with Gasteiger partial charge in [0.25, 0.3) is 0 Å². The zero-order valence-corrected chi connectivity index (χ0v) is 112. The number of ketones is 2. The van der Waals surface area contributed by atoms with Gasteiger partial charge in [0.1, 0.15) is 5.82 Å². The third kappa shape index (κ3) is 95.1. The van der Waals surface area contributed by atoms with Crippen LogP contribution in [0.1, 0.15) is 430 Å². The fourth-order valence-corrected chi connectivity index (χ4v) is 22.1. The molecule has 4 rings (SSSR count). The van der Waals surface area contributed by atoms with Gasteiger partial charge in [0.05, 0.1) is 17.8 Å². The molecular weight excluding hydrogens is 1970 g/mol. The van der Waals surface area contributed by atoms with Gasteiger partial charge in [-0.25, -0.2) is 14.5 Å². The lowest BCUT2D eigenvalue weighted by atomic mass is 9.85. The average Bonchev–Trinajstić information content (AvgIpc) is 0.830. The first kappa shape index (κ1) is 151. The fourth-order valence-electron chi connectivity index (χ4n) is 13.4. The lowest BCUT2D eigenvalue weighted by Crippen LogP contribution is -2.37. The molecule has 0 aliphatic heterocycles. The Bertz CT molecular complexity index is 4010. The van der Waals surface area contributed by atoms with Crippen molar-refractivity contribution in [1.82, 2.24) is 40.4 Å². The zero-order valence-electron chi connectivity index (χ0n) is 106. The van der Waals surface area contributed by atoms with Gasteiger partial charge in [0.2, 0.25) is 11.8 Å². The highest BCUT2D eigenvalue weighted by molar-refractivity contribution is 8.00. The van der Waals surface area contributed by atoms with E-state index in [1.165, 1.54) is 56.8 Å². The number of pyridine rings is 3. The standard InChI is InChI=1S/C17H33NOS.C16H33NOS.C16H31NOS.2C16H27NS.C16H28NS.C15H26N2S.C15H31NOS/c1-8-11-18(12-10-16(2,3)4)15(19)9-13-20-14-17(5,6)7;1-8-17(11-10-15(2,3)4)14(18)9-12-19-13-16(5,6)7;1-8-17-13(11-15(2,3)4)14(18)9-10-19-12-16(5,6)7;1-15(2,3)12-18-10-8-14-11-13(7-9-17-14)16(4,5)6;1-15(2,3)12-18-11-9-14-13(16(4,5)6)8-7-10-17-14;1-15(2,3)13-18-11-10-17-9-7-8-14(12-17)16(4,5)6;1-14(2,3)11-18-10-8-13-16-9-7-12(17-13)15(4,5)6;1-14(2,3)10-12(16-7)13(17)8-9-18-11-15(4,5)6/h8H,1,9-14H2,2-7H3;8-13H2,1-7H3;8,13,17H,1,9-12H2,2-7H3;7,9,11H,8,10,12H2,1-6H3;7-8,10H,9,11-12H2,1-6H3;7-9,12H,10-11,13H2,1-6H3;7,9H,8,10-11H2,1-6H3;12,16H,8-11H2,1-7H3/q;;;;;+1;;. The van der Waals surface area contributed by atoms with Gasteiger partial charge < -0.3 is 20.4 Å². The van der Waals surface area contributed by atoms with Crippen molar-refractivity contribution in [2.24, 2.45) is 65.0 Å². The summed E-state index contributed by atoms with van der Waals surface area (Å²) in [4.78, 5) is 70.7. The molecular formula is C127H236N9O4S8+. The topological polar surface area (TPSA) is 154 Å². The molecule has 2 unspecified atom stereocenters. The van der Waals surface area contributed by atoms with Crippen molar-refractivity contribution in [3.8, 4) is 0 Å². The molecule has 0 saturated heterocycles. The van der Waals surface area contributed by atoms with Crippen molar-refractivity contribution >= 4 is 117 Å². The fraction of sp³-hybridized carbons (Fsp3) is 0.787. The molecule has 2 N–H and O–H groups in total. The summed E-state index contributed by atoms with van der Waals surface area (Å²) in [6.07, 6.45) is 23.3. The molecule has 0 aliphatic carbocycles. The Morgan fingerprint density at radius 2 is 0.750 bits per heavy atom. The number of hydrogen-bond donors (Lipinski definition) is 2. The van der Waals surface area contributed by atoms with Gasteiger partial charge in [0, 0.05) is 140 Å². The van der Waals surface area contributed by atoms with E-state index in [2.05, 4.69) is 430 Å². The first-order valence-electron chi connectivity index (χ1n) is 55.6. The highest BCUT2D eigenvalue weighted by atomic mass is 32.2. The highest BCUT2D eigenvalue weighted by Gasteiger charge is 2.29. The lowest BCUT2D eigenvalue weighted by molar-refractivity contribution is -0.693. The largest absolute Gasteiger partial charge is 0.382 e. The van der Waals surface area contributed by atoms with Crippen molar-refractivity contribution < 1.29 is 23.7 Å². The second-order valence-corrected chi connectivity index (χ2v) is 67.7. The molecule has 21 heteroatoms. The Morgan fingerprint density at radius 3 is 1.12 bits per heavy atom. The van der Waals surface area contributed by atoms with E-state index in [0.717, 1.165) is 146 Å². The Labute approximate surface area is 952 Å². The quantitative estimate of drug-likeness (QED) is 0.0245. The van der Waals surface area contributed by atoms with Crippen LogP contribution in [0.15, 0.2) is 98.9 Å². The number of likely N-dealkylation sites (N-methyl/N-ethyl adjacent to an activating group) is 1. The van der Waals surface area contributed by atoms with Gasteiger partial charge in [-0.1, -0.05) is 351 Å². The van der Waals surface area contributed by atoms with Gasteiger partial charge in [0.15, 0.2) is 30.5 Å². The summed E-state index contributed by atoms with van der Waals surface area (Å²) in [6, 6.07) is 15.0. The van der Waals surface area contributed by atoms with Crippen LogP contribution in [0.25, 0.3) is 0 Å². The molecule has 0 fully saturated rings. The van der Waals surface area contributed by atoms with Crippen LogP contribution in [-0.2, 0) is 66.6 Å². The normalized spacial score (nSPS) is 13.1. The number of carbonyl (C=O) groups is 4. The van der Waals surface area contributed by atoms with E-state index < -0.39 is 0 Å². The maximum atomic E-state index is 12.2. The van der Waals surface area contributed by atoms with Crippen LogP contribution in [0, 0.1) is 65.0 Å². The van der Waals surface area contributed by atoms with E-state index in [4.69, 9.17) is 0 Å². The molecule has 2 atom stereocenters. The summed E-state index contributed by atoms with van der Waals surface area (Å²) in [5.41, 5.74) is 12.5. The smallest absolute Gasteiger partial charge is 0.223 e. The summed E-state index contributed by atoms with van der Waals surface area (Å²) >= 11 is 15.6. The van der Waals surface area contributed by atoms with Crippen molar-refractivity contribution in [2.45, 2.75) is 450 Å². The molecule has 0 aliphatic rings. The lowest BCUT2D eigenvalue weighted by Gasteiger charge is -2.26.